The van der Waals surface area contributed by atoms with Gasteiger partial charge < -0.3 is 11.0 Å². The van der Waals surface area contributed by atoms with Crippen molar-refractivity contribution in [1.82, 2.24) is 0 Å². The smallest absolute Gasteiger partial charge is 0.0703 e. The lowest BCUT2D eigenvalue weighted by Crippen LogP contribution is -1.72. The molecular formula is C12H15NO2. The molecule has 0 radical (unpaired) electrons. The van der Waals surface area contributed by atoms with E-state index in [0.717, 1.165) is 5.69 Å². The number of fused-ring (bicyclic) bond motifs is 1. The number of benzene rings is 2. The molecule has 2 aromatic rings. The van der Waals surface area contributed by atoms with Crippen LogP contribution in [-0.4, -0.2) is 17.2 Å². The molecule has 3 nitrogen and oxygen atoms in total. The first-order chi connectivity index (χ1) is 6.42. The molecule has 0 aromatic heterocycles. The van der Waals surface area contributed by atoms with Crippen molar-refractivity contribution in [3.63, 3.8) is 0 Å². The van der Waals surface area contributed by atoms with Gasteiger partial charge in [0, 0.05) is 11.6 Å². The highest BCUT2D eigenvalue weighted by atomic mass is 16.0. The first kappa shape index (κ1) is 13.3. The maximum absolute atomic E-state index is 4.31. The summed E-state index contributed by atoms with van der Waals surface area (Å²) in [6.07, 6.45) is 1.82. The van der Waals surface area contributed by atoms with Crippen LogP contribution in [-0.2, 0) is 0 Å². The Balaban J connectivity index is 0.000000980. The molecule has 0 bridgehead atoms. The monoisotopic (exact) mass is 205 g/mol. The van der Waals surface area contributed by atoms with Gasteiger partial charge in [-0.25, -0.2) is 0 Å². The third-order valence-electron chi connectivity index (χ3n) is 2.03. The third kappa shape index (κ3) is 2.62. The Labute approximate surface area is 88.7 Å². The Hall–Kier alpha value is -1.71. The molecule has 0 aliphatic rings. The average Bonchev–Trinajstić information content (AvgIpc) is 2.19. The fourth-order valence-electron chi connectivity index (χ4n) is 1.46. The molecule has 15 heavy (non-hydrogen) atoms. The van der Waals surface area contributed by atoms with Crippen LogP contribution >= 0.6 is 0 Å². The van der Waals surface area contributed by atoms with E-state index in [9.17, 15) is 0 Å². The zero-order valence-electron chi connectivity index (χ0n) is 8.57. The number of hydrogen-bond acceptors (Lipinski definition) is 1. The van der Waals surface area contributed by atoms with Crippen LogP contribution in [0.1, 0.15) is 6.92 Å². The molecular weight excluding hydrogens is 190 g/mol. The number of nitrogens with zero attached hydrogens (tertiary/aromatic N) is 1. The highest BCUT2D eigenvalue weighted by molar-refractivity contribution is 5.93. The molecule has 0 atom stereocenters. The number of hydrogen-bond donors (Lipinski definition) is 0. The summed E-state index contributed by atoms with van der Waals surface area (Å²) in [7, 11) is 0. The second-order valence-electron chi connectivity index (χ2n) is 2.89. The molecule has 0 spiro atoms. The van der Waals surface area contributed by atoms with Crippen LogP contribution in [0.15, 0.2) is 47.5 Å². The molecule has 0 amide bonds. The third-order valence-corrected chi connectivity index (χ3v) is 2.03. The summed E-state index contributed by atoms with van der Waals surface area (Å²) in [6, 6.07) is 14.4. The quantitative estimate of drug-likeness (QED) is 0.638. The van der Waals surface area contributed by atoms with Gasteiger partial charge in [0.1, 0.15) is 0 Å². The average molecular weight is 205 g/mol. The van der Waals surface area contributed by atoms with Gasteiger partial charge in [-0.15, -0.1) is 0 Å². The van der Waals surface area contributed by atoms with Crippen molar-refractivity contribution in [2.45, 2.75) is 6.92 Å². The van der Waals surface area contributed by atoms with E-state index in [4.69, 9.17) is 0 Å². The molecule has 0 aliphatic heterocycles. The van der Waals surface area contributed by atoms with Crippen LogP contribution < -0.4 is 0 Å². The molecule has 0 unspecified atom stereocenters. The number of rotatable bonds is 1. The zero-order chi connectivity index (χ0) is 9.10. The van der Waals surface area contributed by atoms with E-state index in [0.29, 0.717) is 0 Å². The maximum Gasteiger partial charge on any atom is 0.0703 e. The summed E-state index contributed by atoms with van der Waals surface area (Å²) in [4.78, 5) is 4.31. The molecule has 0 aliphatic carbocycles. The Morgan fingerprint density at radius 3 is 2.33 bits per heavy atom. The molecule has 80 valence electrons. The van der Waals surface area contributed by atoms with E-state index in [-0.39, 0.29) is 11.0 Å². The van der Waals surface area contributed by atoms with Gasteiger partial charge in [-0.05, 0) is 18.4 Å². The summed E-state index contributed by atoms with van der Waals surface area (Å²) in [5, 5.41) is 2.45. The lowest BCUT2D eigenvalue weighted by Gasteiger charge is -1.99. The molecule has 4 N–H and O–H groups in total. The summed E-state index contributed by atoms with van der Waals surface area (Å²) in [6.45, 7) is 1.93. The Morgan fingerprint density at radius 1 is 0.933 bits per heavy atom. The van der Waals surface area contributed by atoms with Crippen LogP contribution in [0, 0.1) is 0 Å². The summed E-state index contributed by atoms with van der Waals surface area (Å²) in [5.74, 6) is 0. The highest BCUT2D eigenvalue weighted by Crippen LogP contribution is 2.24. The second-order valence-corrected chi connectivity index (χ2v) is 2.89. The van der Waals surface area contributed by atoms with Crippen molar-refractivity contribution in [3.05, 3.63) is 42.5 Å². The van der Waals surface area contributed by atoms with E-state index < -0.39 is 0 Å². The standard InChI is InChI=1S/C12H11N.2H2O/c1-2-13-12-9-5-7-10-6-3-4-8-11(10)12;;/h2-9H,1H3;2*1H2. The normalized spacial score (nSPS) is 9.67. The highest BCUT2D eigenvalue weighted by Gasteiger charge is 1.95. The van der Waals surface area contributed by atoms with E-state index in [1.54, 1.807) is 0 Å². The summed E-state index contributed by atoms with van der Waals surface area (Å²) in [5.41, 5.74) is 1.04. The summed E-state index contributed by atoms with van der Waals surface area (Å²) < 4.78 is 0. The van der Waals surface area contributed by atoms with Crippen molar-refractivity contribution >= 4 is 22.7 Å². The van der Waals surface area contributed by atoms with Gasteiger partial charge in [0.25, 0.3) is 0 Å². The van der Waals surface area contributed by atoms with Crippen LogP contribution in [0.25, 0.3) is 10.8 Å². The van der Waals surface area contributed by atoms with Crippen LogP contribution in [0.2, 0.25) is 0 Å². The maximum atomic E-state index is 4.31. The molecule has 0 saturated heterocycles. The van der Waals surface area contributed by atoms with Gasteiger partial charge in [0.15, 0.2) is 0 Å². The first-order valence-corrected chi connectivity index (χ1v) is 4.38. The molecule has 2 rings (SSSR count). The van der Waals surface area contributed by atoms with Crippen LogP contribution in [0.5, 0.6) is 0 Å². The number of aliphatic imine (C=N–C) groups is 1. The van der Waals surface area contributed by atoms with Crippen molar-refractivity contribution in [2.75, 3.05) is 0 Å². The van der Waals surface area contributed by atoms with E-state index in [2.05, 4.69) is 23.2 Å². The van der Waals surface area contributed by atoms with E-state index >= 15 is 0 Å². The van der Waals surface area contributed by atoms with Crippen LogP contribution in [0.4, 0.5) is 5.69 Å². The topological polar surface area (TPSA) is 75.4 Å². The molecule has 0 fully saturated rings. The Bertz CT molecular complexity index is 447. The summed E-state index contributed by atoms with van der Waals surface area (Å²) >= 11 is 0. The van der Waals surface area contributed by atoms with E-state index in [1.165, 1.54) is 10.8 Å². The van der Waals surface area contributed by atoms with Gasteiger partial charge in [-0.3, -0.25) is 4.99 Å². The van der Waals surface area contributed by atoms with Gasteiger partial charge in [-0.1, -0.05) is 36.4 Å². The fourth-order valence-corrected chi connectivity index (χ4v) is 1.46. The van der Waals surface area contributed by atoms with Gasteiger partial charge in [0.05, 0.1) is 5.69 Å². The minimum atomic E-state index is 0. The first-order valence-electron chi connectivity index (χ1n) is 4.38. The predicted octanol–water partition coefficient (Wildman–Crippen LogP) is 1.91. The van der Waals surface area contributed by atoms with E-state index in [1.807, 2.05) is 37.4 Å². The van der Waals surface area contributed by atoms with Gasteiger partial charge >= 0.3 is 0 Å². The van der Waals surface area contributed by atoms with Crippen molar-refractivity contribution in [1.29, 1.82) is 0 Å². The van der Waals surface area contributed by atoms with Crippen LogP contribution in [0.3, 0.4) is 0 Å². The predicted molar refractivity (Wildman–Crippen MR) is 65.0 cm³/mol. The Morgan fingerprint density at radius 2 is 1.60 bits per heavy atom. The minimum absolute atomic E-state index is 0. The minimum Gasteiger partial charge on any atom is -0.412 e. The molecule has 3 heteroatoms. The molecule has 0 saturated carbocycles. The van der Waals surface area contributed by atoms with Gasteiger partial charge in [0.2, 0.25) is 0 Å². The van der Waals surface area contributed by atoms with Crippen molar-refractivity contribution in [2.24, 2.45) is 4.99 Å². The van der Waals surface area contributed by atoms with Crippen molar-refractivity contribution in [3.8, 4) is 0 Å². The van der Waals surface area contributed by atoms with Crippen molar-refractivity contribution < 1.29 is 11.0 Å². The zero-order valence-corrected chi connectivity index (χ0v) is 8.57. The molecule has 2 aromatic carbocycles. The fraction of sp³-hybridized carbons (Fsp3) is 0.0833. The van der Waals surface area contributed by atoms with Gasteiger partial charge in [-0.2, -0.15) is 0 Å². The largest absolute Gasteiger partial charge is 0.412 e. The lowest BCUT2D eigenvalue weighted by molar-refractivity contribution is 0.823. The molecule has 0 heterocycles. The lowest BCUT2D eigenvalue weighted by atomic mass is 10.1. The SMILES string of the molecule is CC=Nc1cccc2ccccc12.O.O. The Kier molecular flexibility index (Phi) is 5.23. The second kappa shape index (κ2) is 5.90.